The highest BCUT2D eigenvalue weighted by Crippen LogP contribution is 2.14. The fourth-order valence-corrected chi connectivity index (χ4v) is 1.76. The second kappa shape index (κ2) is 6.56. The standard InChI is InChI=1S/C14H16N4O3/c1-9-7-12(18-21-9)17-13(19)8-16-11-6-4-3-5-10(11)14(20)15-2/h3-7,16H,8H2,1-2H3,(H,15,20)(H,17,18,19). The Labute approximate surface area is 121 Å². The monoisotopic (exact) mass is 288 g/mol. The number of nitrogens with one attached hydrogen (secondary N) is 3. The fraction of sp³-hybridized carbons (Fsp3) is 0.214. The third kappa shape index (κ3) is 3.82. The maximum atomic E-state index is 11.8. The van der Waals surface area contributed by atoms with Gasteiger partial charge in [-0.2, -0.15) is 0 Å². The first-order chi connectivity index (χ1) is 10.1. The number of hydrogen-bond acceptors (Lipinski definition) is 5. The summed E-state index contributed by atoms with van der Waals surface area (Å²) in [6, 6.07) is 8.58. The smallest absolute Gasteiger partial charge is 0.253 e. The van der Waals surface area contributed by atoms with Gasteiger partial charge in [-0.1, -0.05) is 17.3 Å². The predicted octanol–water partition coefficient (Wildman–Crippen LogP) is 1.39. The third-order valence-electron chi connectivity index (χ3n) is 2.73. The molecule has 0 saturated carbocycles. The Hall–Kier alpha value is -2.83. The number of benzene rings is 1. The lowest BCUT2D eigenvalue weighted by Crippen LogP contribution is -2.24. The summed E-state index contributed by atoms with van der Waals surface area (Å²) in [7, 11) is 1.55. The number of rotatable bonds is 5. The average molecular weight is 288 g/mol. The molecule has 1 heterocycles. The number of para-hydroxylation sites is 1. The van der Waals surface area contributed by atoms with Crippen molar-refractivity contribution < 1.29 is 14.1 Å². The molecule has 0 radical (unpaired) electrons. The van der Waals surface area contributed by atoms with Gasteiger partial charge < -0.3 is 20.5 Å². The molecule has 0 bridgehead atoms. The molecule has 3 N–H and O–H groups in total. The molecule has 7 nitrogen and oxygen atoms in total. The molecule has 2 rings (SSSR count). The van der Waals surface area contributed by atoms with Crippen LogP contribution in [-0.2, 0) is 4.79 Å². The molecule has 0 fully saturated rings. The summed E-state index contributed by atoms with van der Waals surface area (Å²) in [5.74, 6) is 0.475. The van der Waals surface area contributed by atoms with E-state index in [1.807, 2.05) is 0 Å². The molecule has 0 aliphatic rings. The van der Waals surface area contributed by atoms with Crippen molar-refractivity contribution >= 4 is 23.3 Å². The lowest BCUT2D eigenvalue weighted by atomic mass is 10.1. The van der Waals surface area contributed by atoms with Crippen molar-refractivity contribution in [2.24, 2.45) is 0 Å². The molecule has 0 spiro atoms. The van der Waals surface area contributed by atoms with Crippen LogP contribution in [0.15, 0.2) is 34.9 Å². The minimum absolute atomic E-state index is 0.0138. The van der Waals surface area contributed by atoms with Crippen LogP contribution in [0.25, 0.3) is 0 Å². The van der Waals surface area contributed by atoms with E-state index >= 15 is 0 Å². The maximum absolute atomic E-state index is 11.8. The van der Waals surface area contributed by atoms with Crippen molar-refractivity contribution in [2.45, 2.75) is 6.92 Å². The van der Waals surface area contributed by atoms with Crippen molar-refractivity contribution in [3.8, 4) is 0 Å². The first kappa shape index (κ1) is 14.6. The van der Waals surface area contributed by atoms with Crippen molar-refractivity contribution in [1.29, 1.82) is 0 Å². The van der Waals surface area contributed by atoms with E-state index in [0.717, 1.165) is 0 Å². The van der Waals surface area contributed by atoms with Crippen molar-refractivity contribution in [3.63, 3.8) is 0 Å². The molecule has 2 aromatic rings. The molecule has 2 amide bonds. The summed E-state index contributed by atoms with van der Waals surface area (Å²) in [6.07, 6.45) is 0. The number of aromatic nitrogens is 1. The summed E-state index contributed by atoms with van der Waals surface area (Å²) in [5.41, 5.74) is 1.06. The lowest BCUT2D eigenvalue weighted by Gasteiger charge is -2.10. The van der Waals surface area contributed by atoms with Crippen molar-refractivity contribution in [1.82, 2.24) is 10.5 Å². The highest BCUT2D eigenvalue weighted by Gasteiger charge is 2.11. The number of anilines is 2. The van der Waals surface area contributed by atoms with E-state index in [2.05, 4.69) is 21.1 Å². The number of hydrogen-bond donors (Lipinski definition) is 3. The molecule has 1 aromatic heterocycles. The highest BCUT2D eigenvalue weighted by molar-refractivity contribution is 6.00. The summed E-state index contributed by atoms with van der Waals surface area (Å²) in [4.78, 5) is 23.5. The van der Waals surface area contributed by atoms with Gasteiger partial charge in [-0.05, 0) is 19.1 Å². The Morgan fingerprint density at radius 1 is 1.29 bits per heavy atom. The van der Waals surface area contributed by atoms with E-state index in [9.17, 15) is 9.59 Å². The molecule has 21 heavy (non-hydrogen) atoms. The van der Waals surface area contributed by atoms with Crippen molar-refractivity contribution in [3.05, 3.63) is 41.7 Å². The molecule has 7 heteroatoms. The van der Waals surface area contributed by atoms with Crippen LogP contribution in [0.2, 0.25) is 0 Å². The van der Waals surface area contributed by atoms with Gasteiger partial charge >= 0.3 is 0 Å². The van der Waals surface area contributed by atoms with Crippen LogP contribution in [0.3, 0.4) is 0 Å². The van der Waals surface area contributed by atoms with E-state index < -0.39 is 0 Å². The normalized spacial score (nSPS) is 10.0. The van der Waals surface area contributed by atoms with Gasteiger partial charge in [0.15, 0.2) is 5.82 Å². The first-order valence-corrected chi connectivity index (χ1v) is 6.38. The molecule has 0 aliphatic heterocycles. The number of carbonyl (C=O) groups is 2. The fourth-order valence-electron chi connectivity index (χ4n) is 1.76. The number of aryl methyl sites for hydroxylation is 1. The van der Waals surface area contributed by atoms with Crippen LogP contribution in [0.1, 0.15) is 16.1 Å². The highest BCUT2D eigenvalue weighted by atomic mass is 16.5. The van der Waals surface area contributed by atoms with Crippen LogP contribution in [0.5, 0.6) is 0 Å². The summed E-state index contributed by atoms with van der Waals surface area (Å²) < 4.78 is 4.86. The Balaban J connectivity index is 1.96. The molecular weight excluding hydrogens is 272 g/mol. The SMILES string of the molecule is CNC(=O)c1ccccc1NCC(=O)Nc1cc(C)on1. The zero-order valence-corrected chi connectivity index (χ0v) is 11.8. The van der Waals surface area contributed by atoms with Gasteiger partial charge in [0.1, 0.15) is 5.76 Å². The molecule has 0 unspecified atom stereocenters. The van der Waals surface area contributed by atoms with E-state index in [1.54, 1.807) is 44.3 Å². The summed E-state index contributed by atoms with van der Waals surface area (Å²) in [6.45, 7) is 1.75. The van der Waals surface area contributed by atoms with Gasteiger partial charge in [0, 0.05) is 18.8 Å². The first-order valence-electron chi connectivity index (χ1n) is 6.38. The number of amides is 2. The molecule has 1 aromatic carbocycles. The van der Waals surface area contributed by atoms with Gasteiger partial charge in [0.2, 0.25) is 5.91 Å². The largest absolute Gasteiger partial charge is 0.375 e. The minimum Gasteiger partial charge on any atom is -0.375 e. The molecule has 0 saturated heterocycles. The Kier molecular flexibility index (Phi) is 4.55. The second-order valence-electron chi connectivity index (χ2n) is 4.35. The van der Waals surface area contributed by atoms with E-state index in [-0.39, 0.29) is 18.4 Å². The van der Waals surface area contributed by atoms with Gasteiger partial charge in [-0.15, -0.1) is 0 Å². The Morgan fingerprint density at radius 3 is 2.71 bits per heavy atom. The summed E-state index contributed by atoms with van der Waals surface area (Å²) in [5, 5.41) is 11.7. The van der Waals surface area contributed by atoms with E-state index in [0.29, 0.717) is 22.8 Å². The molecule has 0 aliphatic carbocycles. The Morgan fingerprint density at radius 2 is 2.05 bits per heavy atom. The zero-order valence-electron chi connectivity index (χ0n) is 11.8. The maximum Gasteiger partial charge on any atom is 0.253 e. The number of carbonyl (C=O) groups excluding carboxylic acids is 2. The second-order valence-corrected chi connectivity index (χ2v) is 4.35. The van der Waals surface area contributed by atoms with Gasteiger partial charge in [-0.25, -0.2) is 0 Å². The zero-order chi connectivity index (χ0) is 15.2. The molecule has 0 atom stereocenters. The van der Waals surface area contributed by atoms with E-state index in [4.69, 9.17) is 4.52 Å². The Bertz CT molecular complexity index is 651. The topological polar surface area (TPSA) is 96.3 Å². The van der Waals surface area contributed by atoms with Crippen LogP contribution in [0, 0.1) is 6.92 Å². The summed E-state index contributed by atoms with van der Waals surface area (Å²) >= 11 is 0. The van der Waals surface area contributed by atoms with E-state index in [1.165, 1.54) is 0 Å². The van der Waals surface area contributed by atoms with Gasteiger partial charge in [0.25, 0.3) is 5.91 Å². The third-order valence-corrected chi connectivity index (χ3v) is 2.73. The molecule has 110 valence electrons. The van der Waals surface area contributed by atoms with Crippen LogP contribution in [0.4, 0.5) is 11.5 Å². The predicted molar refractivity (Wildman–Crippen MR) is 78.2 cm³/mol. The molecular formula is C14H16N4O3. The van der Waals surface area contributed by atoms with Crippen LogP contribution in [-0.4, -0.2) is 30.6 Å². The van der Waals surface area contributed by atoms with Crippen LogP contribution >= 0.6 is 0 Å². The quantitative estimate of drug-likeness (QED) is 0.772. The lowest BCUT2D eigenvalue weighted by molar-refractivity contribution is -0.114. The van der Waals surface area contributed by atoms with Crippen molar-refractivity contribution in [2.75, 3.05) is 24.2 Å². The van der Waals surface area contributed by atoms with Gasteiger partial charge in [0.05, 0.1) is 12.1 Å². The minimum atomic E-state index is -0.282. The average Bonchev–Trinajstić information content (AvgIpc) is 2.89. The van der Waals surface area contributed by atoms with Gasteiger partial charge in [-0.3, -0.25) is 9.59 Å². The van der Waals surface area contributed by atoms with Crippen LogP contribution < -0.4 is 16.0 Å². The number of nitrogens with zero attached hydrogens (tertiary/aromatic N) is 1.